The number of hydrogen-bond donors (Lipinski definition) is 1. The summed E-state index contributed by atoms with van der Waals surface area (Å²) < 4.78 is 2.17. The van der Waals surface area contributed by atoms with Crippen molar-refractivity contribution in [2.75, 3.05) is 5.73 Å². The number of nitrogens with two attached hydrogens (primary N) is 1. The number of benzene rings is 1. The monoisotopic (exact) mass is 259 g/mol. The predicted molar refractivity (Wildman–Crippen MR) is 82.0 cm³/mol. The highest BCUT2D eigenvalue weighted by atomic mass is 15.2. The van der Waals surface area contributed by atoms with Crippen LogP contribution in [-0.4, -0.2) is 9.55 Å². The van der Waals surface area contributed by atoms with Gasteiger partial charge < -0.3 is 10.3 Å². The molecule has 2 N–H and O–H groups in total. The van der Waals surface area contributed by atoms with Crippen LogP contribution in [-0.2, 0) is 6.54 Å². The third-order valence-corrected chi connectivity index (χ3v) is 4.04. The molecule has 3 nitrogen and oxygen atoms in total. The molecular weight excluding hydrogens is 234 g/mol. The molecule has 2 aromatic rings. The van der Waals surface area contributed by atoms with E-state index in [1.807, 2.05) is 0 Å². The van der Waals surface area contributed by atoms with E-state index in [0.717, 1.165) is 17.6 Å². The van der Waals surface area contributed by atoms with E-state index in [0.29, 0.717) is 23.7 Å². The molecule has 0 atom stereocenters. The molecule has 1 heterocycles. The standard InChI is InChI=1S/C16H25N3/c1-10(2)13(11(3)4)9-19-15-7-6-12(5)8-14(15)18-16(19)17/h6-8,10-11,13H,9H2,1-5H3,(H2,17,18). The molecule has 19 heavy (non-hydrogen) atoms. The van der Waals surface area contributed by atoms with E-state index in [2.05, 4.69) is 62.4 Å². The molecule has 3 heteroatoms. The summed E-state index contributed by atoms with van der Waals surface area (Å²) in [4.78, 5) is 4.49. The molecule has 0 saturated carbocycles. The van der Waals surface area contributed by atoms with Gasteiger partial charge in [0.15, 0.2) is 0 Å². The molecule has 2 rings (SSSR count). The second-order valence-electron chi connectivity index (χ2n) is 6.22. The fraction of sp³-hybridized carbons (Fsp3) is 0.562. The quantitative estimate of drug-likeness (QED) is 0.906. The zero-order valence-electron chi connectivity index (χ0n) is 12.6. The maximum absolute atomic E-state index is 6.10. The first kappa shape index (κ1) is 13.9. The normalized spacial score (nSPS) is 12.2. The van der Waals surface area contributed by atoms with Gasteiger partial charge in [0.05, 0.1) is 11.0 Å². The highest BCUT2D eigenvalue weighted by Crippen LogP contribution is 2.27. The van der Waals surface area contributed by atoms with Crippen molar-refractivity contribution in [3.63, 3.8) is 0 Å². The summed E-state index contributed by atoms with van der Waals surface area (Å²) >= 11 is 0. The number of aromatic nitrogens is 2. The van der Waals surface area contributed by atoms with Crippen molar-refractivity contribution in [2.24, 2.45) is 17.8 Å². The van der Waals surface area contributed by atoms with Crippen LogP contribution in [0.15, 0.2) is 18.2 Å². The van der Waals surface area contributed by atoms with Crippen molar-refractivity contribution in [3.8, 4) is 0 Å². The van der Waals surface area contributed by atoms with E-state index < -0.39 is 0 Å². The average Bonchev–Trinajstić information content (AvgIpc) is 2.60. The first-order valence-corrected chi connectivity index (χ1v) is 7.12. The van der Waals surface area contributed by atoms with E-state index in [-0.39, 0.29) is 0 Å². The van der Waals surface area contributed by atoms with E-state index in [9.17, 15) is 0 Å². The molecule has 0 unspecified atom stereocenters. The maximum atomic E-state index is 6.10. The van der Waals surface area contributed by atoms with Crippen molar-refractivity contribution in [2.45, 2.75) is 41.2 Å². The van der Waals surface area contributed by atoms with Crippen LogP contribution >= 0.6 is 0 Å². The summed E-state index contributed by atoms with van der Waals surface area (Å²) in [6, 6.07) is 6.35. The number of rotatable bonds is 4. The zero-order chi connectivity index (χ0) is 14.2. The maximum Gasteiger partial charge on any atom is 0.201 e. The van der Waals surface area contributed by atoms with Crippen LogP contribution in [0.4, 0.5) is 5.95 Å². The number of fused-ring (bicyclic) bond motifs is 1. The van der Waals surface area contributed by atoms with E-state index in [1.165, 1.54) is 5.56 Å². The number of nitrogens with zero attached hydrogens (tertiary/aromatic N) is 2. The molecule has 0 spiro atoms. The van der Waals surface area contributed by atoms with Crippen molar-refractivity contribution < 1.29 is 0 Å². The second kappa shape index (κ2) is 5.24. The van der Waals surface area contributed by atoms with Crippen LogP contribution in [0.1, 0.15) is 33.3 Å². The topological polar surface area (TPSA) is 43.8 Å². The number of hydrogen-bond acceptors (Lipinski definition) is 2. The summed E-state index contributed by atoms with van der Waals surface area (Å²) in [5, 5.41) is 0. The molecule has 0 bridgehead atoms. The van der Waals surface area contributed by atoms with Crippen LogP contribution in [0.25, 0.3) is 11.0 Å². The van der Waals surface area contributed by atoms with Crippen molar-refractivity contribution in [3.05, 3.63) is 23.8 Å². The molecule has 1 aromatic carbocycles. The fourth-order valence-corrected chi connectivity index (χ4v) is 2.85. The smallest absolute Gasteiger partial charge is 0.201 e. The van der Waals surface area contributed by atoms with Gasteiger partial charge in [0.1, 0.15) is 0 Å². The number of imidazole rings is 1. The van der Waals surface area contributed by atoms with Gasteiger partial charge in [0.25, 0.3) is 0 Å². The van der Waals surface area contributed by atoms with Gasteiger partial charge in [-0.2, -0.15) is 0 Å². The molecule has 0 aliphatic heterocycles. The lowest BCUT2D eigenvalue weighted by Crippen LogP contribution is -2.22. The lowest BCUT2D eigenvalue weighted by Gasteiger charge is -2.26. The van der Waals surface area contributed by atoms with Crippen LogP contribution in [0.3, 0.4) is 0 Å². The molecule has 1 aromatic heterocycles. The highest BCUT2D eigenvalue weighted by molar-refractivity contribution is 5.79. The largest absolute Gasteiger partial charge is 0.369 e. The summed E-state index contributed by atoms with van der Waals surface area (Å²) in [5.74, 6) is 2.53. The third-order valence-electron chi connectivity index (χ3n) is 4.04. The van der Waals surface area contributed by atoms with Gasteiger partial charge in [-0.25, -0.2) is 4.98 Å². The van der Waals surface area contributed by atoms with Gasteiger partial charge in [-0.3, -0.25) is 0 Å². The first-order chi connectivity index (χ1) is 8.90. The minimum absolute atomic E-state index is 0.612. The summed E-state index contributed by atoms with van der Waals surface area (Å²) in [6.45, 7) is 12.2. The Kier molecular flexibility index (Phi) is 3.83. The second-order valence-corrected chi connectivity index (χ2v) is 6.22. The first-order valence-electron chi connectivity index (χ1n) is 7.12. The van der Waals surface area contributed by atoms with Gasteiger partial charge >= 0.3 is 0 Å². The molecule has 0 radical (unpaired) electrons. The van der Waals surface area contributed by atoms with Gasteiger partial charge in [-0.15, -0.1) is 0 Å². The Morgan fingerprint density at radius 3 is 2.37 bits per heavy atom. The zero-order valence-corrected chi connectivity index (χ0v) is 12.6. The Hall–Kier alpha value is -1.51. The van der Waals surface area contributed by atoms with Gasteiger partial charge in [0, 0.05) is 6.54 Å². The van der Waals surface area contributed by atoms with Crippen LogP contribution in [0.5, 0.6) is 0 Å². The Bertz CT molecular complexity index is 559. The number of nitrogen functional groups attached to an aromatic ring is 1. The van der Waals surface area contributed by atoms with E-state index in [1.54, 1.807) is 0 Å². The fourth-order valence-electron chi connectivity index (χ4n) is 2.85. The molecule has 0 aliphatic carbocycles. The van der Waals surface area contributed by atoms with E-state index >= 15 is 0 Å². The molecular formula is C16H25N3. The Morgan fingerprint density at radius 2 is 1.79 bits per heavy atom. The SMILES string of the molecule is Cc1ccc2c(c1)nc(N)n2CC(C(C)C)C(C)C. The van der Waals surface area contributed by atoms with Gasteiger partial charge in [0.2, 0.25) is 5.95 Å². The minimum Gasteiger partial charge on any atom is -0.369 e. The lowest BCUT2D eigenvalue weighted by molar-refractivity contribution is 0.255. The highest BCUT2D eigenvalue weighted by Gasteiger charge is 2.20. The molecule has 0 saturated heterocycles. The van der Waals surface area contributed by atoms with Crippen molar-refractivity contribution in [1.82, 2.24) is 9.55 Å². The van der Waals surface area contributed by atoms with Crippen LogP contribution in [0, 0.1) is 24.7 Å². The summed E-state index contributed by atoms with van der Waals surface area (Å²) in [7, 11) is 0. The number of anilines is 1. The molecule has 104 valence electrons. The average molecular weight is 259 g/mol. The van der Waals surface area contributed by atoms with Crippen molar-refractivity contribution >= 4 is 17.0 Å². The Morgan fingerprint density at radius 1 is 1.16 bits per heavy atom. The third kappa shape index (κ3) is 2.75. The Labute approximate surface area is 115 Å². The van der Waals surface area contributed by atoms with Crippen LogP contribution < -0.4 is 5.73 Å². The van der Waals surface area contributed by atoms with Crippen LogP contribution in [0.2, 0.25) is 0 Å². The van der Waals surface area contributed by atoms with E-state index in [4.69, 9.17) is 5.73 Å². The summed E-state index contributed by atoms with van der Waals surface area (Å²) in [6.07, 6.45) is 0. The molecule has 0 fully saturated rings. The molecule has 0 amide bonds. The predicted octanol–water partition coefficient (Wildman–Crippen LogP) is 3.86. The Balaban J connectivity index is 2.42. The summed E-state index contributed by atoms with van der Waals surface area (Å²) in [5.41, 5.74) is 9.48. The van der Waals surface area contributed by atoms with Crippen molar-refractivity contribution in [1.29, 1.82) is 0 Å². The molecule has 0 aliphatic rings. The number of aryl methyl sites for hydroxylation is 1. The van der Waals surface area contributed by atoms with Gasteiger partial charge in [-0.05, 0) is 42.4 Å². The van der Waals surface area contributed by atoms with Gasteiger partial charge in [-0.1, -0.05) is 33.8 Å². The lowest BCUT2D eigenvalue weighted by atomic mass is 9.85. The minimum atomic E-state index is 0.612.